The van der Waals surface area contributed by atoms with Crippen molar-refractivity contribution >= 4 is 17.4 Å². The van der Waals surface area contributed by atoms with Crippen LogP contribution < -0.4 is 0 Å². The Bertz CT molecular complexity index is 818. The Morgan fingerprint density at radius 1 is 1.07 bits per heavy atom. The molecule has 1 N–H and O–H groups in total. The lowest BCUT2D eigenvalue weighted by atomic mass is 9.47. The molecule has 4 rings (SSSR count). The number of carbonyl (C=O) groups excluding carboxylic acids is 1. The summed E-state index contributed by atoms with van der Waals surface area (Å²) in [4.78, 5) is 12.0. The fourth-order valence-corrected chi connectivity index (χ4v) is 7.41. The number of aliphatic hydroxyl groups is 1. The van der Waals surface area contributed by atoms with Crippen LogP contribution in [0.2, 0.25) is 0 Å². The zero-order valence-corrected chi connectivity index (χ0v) is 17.0. The molecule has 0 radical (unpaired) electrons. The second kappa shape index (κ2) is 6.06. The Hall–Kier alpha value is -0.950. The molecular formula is C21H24ClF5O2. The van der Waals surface area contributed by atoms with Crippen molar-refractivity contribution in [3.8, 4) is 0 Å². The first-order valence-electron chi connectivity index (χ1n) is 10.0. The Balaban J connectivity index is 1.73. The van der Waals surface area contributed by atoms with Gasteiger partial charge < -0.3 is 5.11 Å². The summed E-state index contributed by atoms with van der Waals surface area (Å²) in [5, 5.41) is 11.0. The third-order valence-electron chi connectivity index (χ3n) is 8.67. The van der Waals surface area contributed by atoms with Crippen LogP contribution in [-0.2, 0) is 4.79 Å². The summed E-state index contributed by atoms with van der Waals surface area (Å²) >= 11 is 6.27. The van der Waals surface area contributed by atoms with Gasteiger partial charge >= 0.3 is 12.1 Å². The molecule has 0 amide bonds. The number of rotatable bonds is 1. The molecule has 0 bridgehead atoms. The summed E-state index contributed by atoms with van der Waals surface area (Å²) < 4.78 is 68.4. The standard InChI is InChI=1S/C21H24ClF5O2/c1-17-8-7-15(28)16(22)14(17)4-3-11-12(17)5-9-18(2)13(11)6-10-19(18,29)20(23,24)21(25,26)27/h7-8,11-13,29H,3-6,9-10H2,1-2H3/t11?,12?,13?,17-,18+,19-/m1/s1. The molecule has 6 atom stereocenters. The van der Waals surface area contributed by atoms with Crippen LogP contribution in [0.1, 0.15) is 52.4 Å². The van der Waals surface area contributed by atoms with Gasteiger partial charge in [-0.1, -0.05) is 31.5 Å². The van der Waals surface area contributed by atoms with E-state index >= 15 is 0 Å². The van der Waals surface area contributed by atoms with Gasteiger partial charge in [-0.2, -0.15) is 22.0 Å². The number of halogens is 6. The van der Waals surface area contributed by atoms with Crippen molar-refractivity contribution in [2.75, 3.05) is 0 Å². The van der Waals surface area contributed by atoms with Gasteiger partial charge in [-0.25, -0.2) is 0 Å². The van der Waals surface area contributed by atoms with Crippen molar-refractivity contribution in [3.05, 3.63) is 22.8 Å². The van der Waals surface area contributed by atoms with Crippen LogP contribution >= 0.6 is 11.6 Å². The van der Waals surface area contributed by atoms with E-state index in [0.717, 1.165) is 5.57 Å². The highest BCUT2D eigenvalue weighted by Gasteiger charge is 2.79. The number of carbonyl (C=O) groups is 1. The Morgan fingerprint density at radius 3 is 2.31 bits per heavy atom. The molecule has 0 aromatic rings. The van der Waals surface area contributed by atoms with Gasteiger partial charge in [-0.15, -0.1) is 0 Å². The van der Waals surface area contributed by atoms with Crippen LogP contribution in [0, 0.1) is 28.6 Å². The molecular weight excluding hydrogens is 415 g/mol. The van der Waals surface area contributed by atoms with Crippen LogP contribution in [0.3, 0.4) is 0 Å². The maximum absolute atomic E-state index is 14.4. The molecule has 0 aromatic heterocycles. The maximum Gasteiger partial charge on any atom is 0.456 e. The summed E-state index contributed by atoms with van der Waals surface area (Å²) in [5.74, 6) is -5.98. The van der Waals surface area contributed by atoms with Gasteiger partial charge in [-0.3, -0.25) is 4.79 Å². The highest BCUT2D eigenvalue weighted by Crippen LogP contribution is 2.70. The molecule has 4 aliphatic rings. The molecule has 8 heteroatoms. The molecule has 3 unspecified atom stereocenters. The van der Waals surface area contributed by atoms with Gasteiger partial charge in [0.1, 0.15) is 5.60 Å². The van der Waals surface area contributed by atoms with Crippen molar-refractivity contribution < 1.29 is 31.9 Å². The molecule has 4 aliphatic carbocycles. The molecule has 2 nitrogen and oxygen atoms in total. The molecule has 0 aliphatic heterocycles. The molecule has 0 aromatic carbocycles. The Labute approximate surface area is 171 Å². The quantitative estimate of drug-likeness (QED) is 0.526. The lowest BCUT2D eigenvalue weighted by Crippen LogP contribution is -2.65. The summed E-state index contributed by atoms with van der Waals surface area (Å²) in [6.07, 6.45) is -1.44. The maximum atomic E-state index is 14.4. The lowest BCUT2D eigenvalue weighted by Gasteiger charge is -2.59. The summed E-state index contributed by atoms with van der Waals surface area (Å²) in [6, 6.07) is 0. The van der Waals surface area contributed by atoms with Gasteiger partial charge in [0, 0.05) is 10.8 Å². The van der Waals surface area contributed by atoms with Gasteiger partial charge in [-0.05, 0) is 67.9 Å². The minimum absolute atomic E-state index is 0.00992. The van der Waals surface area contributed by atoms with Gasteiger partial charge in [0.25, 0.3) is 0 Å². The number of allylic oxidation sites excluding steroid dienone is 4. The van der Waals surface area contributed by atoms with E-state index in [1.165, 1.54) is 13.0 Å². The summed E-state index contributed by atoms with van der Waals surface area (Å²) in [5.41, 5.74) is -4.31. The average molecular weight is 439 g/mol. The topological polar surface area (TPSA) is 37.3 Å². The zero-order valence-electron chi connectivity index (χ0n) is 16.3. The highest BCUT2D eigenvalue weighted by molar-refractivity contribution is 6.45. The van der Waals surface area contributed by atoms with Crippen molar-refractivity contribution in [1.82, 2.24) is 0 Å². The number of hydrogen-bond acceptors (Lipinski definition) is 2. The fraction of sp³-hybridized carbons (Fsp3) is 0.762. The van der Waals surface area contributed by atoms with Gasteiger partial charge in [0.2, 0.25) is 0 Å². The first-order chi connectivity index (χ1) is 13.2. The van der Waals surface area contributed by atoms with Crippen LogP contribution in [-0.4, -0.2) is 28.6 Å². The van der Waals surface area contributed by atoms with Crippen molar-refractivity contribution in [1.29, 1.82) is 0 Å². The lowest BCUT2D eigenvalue weighted by molar-refractivity contribution is -0.363. The van der Waals surface area contributed by atoms with E-state index in [9.17, 15) is 31.9 Å². The van der Waals surface area contributed by atoms with E-state index in [1.54, 1.807) is 0 Å². The minimum Gasteiger partial charge on any atom is -0.383 e. The average Bonchev–Trinajstić information content (AvgIpc) is 2.90. The number of fused-ring (bicyclic) bond motifs is 5. The zero-order chi connectivity index (χ0) is 21.6. The normalized spacial score (nSPS) is 45.1. The van der Waals surface area contributed by atoms with Crippen LogP contribution in [0.4, 0.5) is 22.0 Å². The van der Waals surface area contributed by atoms with Gasteiger partial charge in [0.15, 0.2) is 5.78 Å². The third-order valence-corrected chi connectivity index (χ3v) is 9.09. The van der Waals surface area contributed by atoms with Crippen LogP contribution in [0.15, 0.2) is 22.8 Å². The number of hydrogen-bond donors (Lipinski definition) is 1. The van der Waals surface area contributed by atoms with E-state index in [-0.39, 0.29) is 35.5 Å². The Kier molecular flexibility index (Phi) is 4.45. The van der Waals surface area contributed by atoms with Crippen molar-refractivity contribution in [2.45, 2.75) is 70.1 Å². The third kappa shape index (κ3) is 2.46. The van der Waals surface area contributed by atoms with E-state index in [1.807, 2.05) is 13.0 Å². The monoisotopic (exact) mass is 438 g/mol. The molecule has 3 saturated carbocycles. The summed E-state index contributed by atoms with van der Waals surface area (Å²) in [6.45, 7) is 3.38. The molecule has 0 heterocycles. The second-order valence-electron chi connectivity index (χ2n) is 9.62. The molecule has 0 spiro atoms. The minimum atomic E-state index is -5.80. The highest BCUT2D eigenvalue weighted by atomic mass is 35.5. The van der Waals surface area contributed by atoms with E-state index in [2.05, 4.69) is 0 Å². The predicted molar refractivity (Wildman–Crippen MR) is 97.4 cm³/mol. The molecule has 3 fully saturated rings. The Morgan fingerprint density at radius 2 is 1.69 bits per heavy atom. The van der Waals surface area contributed by atoms with Crippen molar-refractivity contribution in [2.24, 2.45) is 28.6 Å². The van der Waals surface area contributed by atoms with E-state index in [0.29, 0.717) is 19.3 Å². The fourth-order valence-electron chi connectivity index (χ4n) is 7.05. The van der Waals surface area contributed by atoms with E-state index < -0.39 is 40.9 Å². The smallest absolute Gasteiger partial charge is 0.383 e. The predicted octanol–water partition coefficient (Wildman–Crippen LogP) is 5.79. The van der Waals surface area contributed by atoms with Crippen molar-refractivity contribution in [3.63, 3.8) is 0 Å². The van der Waals surface area contributed by atoms with E-state index in [4.69, 9.17) is 11.6 Å². The number of ketones is 1. The molecule has 162 valence electrons. The summed E-state index contributed by atoms with van der Waals surface area (Å²) in [7, 11) is 0. The SMILES string of the molecule is C[C@]12C=CC(=O)C(Cl)=C1CCC1C2CC[C@@]2(C)C1CC[C@]2(O)C(F)(F)C(F)(F)F. The molecule has 0 saturated heterocycles. The van der Waals surface area contributed by atoms with Gasteiger partial charge in [0.05, 0.1) is 5.03 Å². The second-order valence-corrected chi connectivity index (χ2v) is 9.99. The largest absolute Gasteiger partial charge is 0.456 e. The first-order valence-corrected chi connectivity index (χ1v) is 10.4. The first kappa shape index (κ1) is 21.3. The number of alkyl halides is 5. The molecule has 29 heavy (non-hydrogen) atoms. The van der Waals surface area contributed by atoms with Crippen LogP contribution in [0.25, 0.3) is 0 Å². The van der Waals surface area contributed by atoms with Crippen LogP contribution in [0.5, 0.6) is 0 Å².